The highest BCUT2D eigenvalue weighted by atomic mass is 16.4. The second kappa shape index (κ2) is 8.28. The monoisotopic (exact) mass is 283 g/mol. The molecule has 4 heteroatoms. The van der Waals surface area contributed by atoms with Crippen LogP contribution in [0.3, 0.4) is 0 Å². The van der Waals surface area contributed by atoms with Crippen LogP contribution < -0.4 is 5.32 Å². The van der Waals surface area contributed by atoms with Gasteiger partial charge >= 0.3 is 5.97 Å². The lowest BCUT2D eigenvalue weighted by molar-refractivity contribution is -0.144. The summed E-state index contributed by atoms with van der Waals surface area (Å²) in [5.74, 6) is -0.457. The Morgan fingerprint density at radius 3 is 2.40 bits per heavy atom. The summed E-state index contributed by atoms with van der Waals surface area (Å²) in [6.45, 7) is 6.45. The van der Waals surface area contributed by atoms with Crippen molar-refractivity contribution in [2.24, 2.45) is 17.8 Å². The average Bonchev–Trinajstić information content (AvgIpc) is 2.38. The van der Waals surface area contributed by atoms with E-state index in [1.165, 1.54) is 6.42 Å². The van der Waals surface area contributed by atoms with Crippen molar-refractivity contribution < 1.29 is 14.7 Å². The summed E-state index contributed by atoms with van der Waals surface area (Å²) in [5.41, 5.74) is 0. The molecule has 0 heterocycles. The molecule has 0 aromatic heterocycles. The highest BCUT2D eigenvalue weighted by molar-refractivity contribution is 5.80. The first-order valence-corrected chi connectivity index (χ1v) is 7.93. The Balaban J connectivity index is 2.32. The van der Waals surface area contributed by atoms with E-state index < -0.39 is 5.97 Å². The van der Waals surface area contributed by atoms with Crippen LogP contribution in [0.15, 0.2) is 0 Å². The smallest absolute Gasteiger partial charge is 0.306 e. The maximum absolute atomic E-state index is 12.2. The summed E-state index contributed by atoms with van der Waals surface area (Å²) in [5, 5.41) is 12.1. The van der Waals surface area contributed by atoms with E-state index >= 15 is 0 Å². The lowest BCUT2D eigenvalue weighted by Gasteiger charge is -2.27. The molecule has 1 amide bonds. The van der Waals surface area contributed by atoms with Gasteiger partial charge in [0.2, 0.25) is 5.91 Å². The molecule has 4 nitrogen and oxygen atoms in total. The molecule has 116 valence electrons. The minimum atomic E-state index is -0.757. The van der Waals surface area contributed by atoms with Crippen LogP contribution in [0.4, 0.5) is 0 Å². The van der Waals surface area contributed by atoms with Gasteiger partial charge < -0.3 is 10.4 Å². The summed E-state index contributed by atoms with van der Waals surface area (Å²) in [6, 6.07) is 0.187. The first kappa shape index (κ1) is 17.0. The number of aliphatic carboxylic acids is 1. The van der Waals surface area contributed by atoms with Crippen molar-refractivity contribution >= 4 is 11.9 Å². The predicted octanol–water partition coefficient (Wildman–Crippen LogP) is 3.21. The quantitative estimate of drug-likeness (QED) is 0.754. The maximum Gasteiger partial charge on any atom is 0.306 e. The molecular formula is C16H29NO3. The van der Waals surface area contributed by atoms with Gasteiger partial charge in [-0.1, -0.05) is 33.1 Å². The Morgan fingerprint density at radius 1 is 1.15 bits per heavy atom. The molecule has 1 aliphatic carbocycles. The Morgan fingerprint density at radius 2 is 1.80 bits per heavy atom. The zero-order valence-electron chi connectivity index (χ0n) is 13.0. The molecule has 1 rings (SSSR count). The Hall–Kier alpha value is -1.06. The number of carbonyl (C=O) groups excluding carboxylic acids is 1. The zero-order valence-corrected chi connectivity index (χ0v) is 13.0. The zero-order chi connectivity index (χ0) is 15.1. The van der Waals surface area contributed by atoms with Crippen molar-refractivity contribution in [3.63, 3.8) is 0 Å². The second-order valence-electron chi connectivity index (χ2n) is 6.63. The van der Waals surface area contributed by atoms with Gasteiger partial charge in [0.25, 0.3) is 0 Å². The maximum atomic E-state index is 12.2. The molecule has 0 saturated heterocycles. The van der Waals surface area contributed by atoms with E-state index in [-0.39, 0.29) is 23.8 Å². The second-order valence-corrected chi connectivity index (χ2v) is 6.63. The van der Waals surface area contributed by atoms with Gasteiger partial charge in [0.05, 0.1) is 5.92 Å². The molecule has 0 aliphatic heterocycles. The molecule has 0 bridgehead atoms. The number of carboxylic acid groups (broad SMARTS) is 1. The summed E-state index contributed by atoms with van der Waals surface area (Å²) in [7, 11) is 0. The summed E-state index contributed by atoms with van der Waals surface area (Å²) < 4.78 is 0. The number of carbonyl (C=O) groups is 2. The molecule has 3 unspecified atom stereocenters. The Kier molecular flexibility index (Phi) is 7.03. The minimum absolute atomic E-state index is 0.0491. The molecule has 1 fully saturated rings. The predicted molar refractivity (Wildman–Crippen MR) is 79.4 cm³/mol. The van der Waals surface area contributed by atoms with E-state index in [2.05, 4.69) is 19.2 Å². The first-order chi connectivity index (χ1) is 9.40. The molecule has 0 spiro atoms. The molecule has 0 aromatic carbocycles. The third-order valence-electron chi connectivity index (χ3n) is 4.20. The van der Waals surface area contributed by atoms with E-state index in [1.54, 1.807) is 0 Å². The van der Waals surface area contributed by atoms with Crippen LogP contribution in [-0.2, 0) is 9.59 Å². The van der Waals surface area contributed by atoms with Crippen molar-refractivity contribution in [1.82, 2.24) is 5.32 Å². The summed E-state index contributed by atoms with van der Waals surface area (Å²) >= 11 is 0. The van der Waals surface area contributed by atoms with Crippen LogP contribution in [0, 0.1) is 17.8 Å². The largest absolute Gasteiger partial charge is 0.481 e. The van der Waals surface area contributed by atoms with Crippen molar-refractivity contribution in [3.05, 3.63) is 0 Å². The number of nitrogens with one attached hydrogen (secondary N) is 1. The topological polar surface area (TPSA) is 66.4 Å². The van der Waals surface area contributed by atoms with Gasteiger partial charge in [0.1, 0.15) is 0 Å². The van der Waals surface area contributed by atoms with Gasteiger partial charge in [-0.3, -0.25) is 9.59 Å². The number of amides is 1. The molecule has 1 saturated carbocycles. The molecule has 20 heavy (non-hydrogen) atoms. The van der Waals surface area contributed by atoms with E-state index in [0.29, 0.717) is 18.8 Å². The van der Waals surface area contributed by atoms with Gasteiger partial charge in [-0.2, -0.15) is 0 Å². The fourth-order valence-electron chi connectivity index (χ4n) is 2.92. The van der Waals surface area contributed by atoms with Crippen LogP contribution in [0.5, 0.6) is 0 Å². The standard InChI is InChI=1S/C16H29NO3/c1-11(2)6-4-7-12(3)17-15(18)13-8-5-9-14(10-13)16(19)20/h11-14H,4-10H2,1-3H3,(H,17,18)(H,19,20). The fraction of sp³-hybridized carbons (Fsp3) is 0.875. The fourth-order valence-corrected chi connectivity index (χ4v) is 2.92. The van der Waals surface area contributed by atoms with Crippen molar-refractivity contribution in [2.75, 3.05) is 0 Å². The SMILES string of the molecule is CC(C)CCCC(C)NC(=O)C1CCCC(C(=O)O)C1. The number of hydrogen-bond acceptors (Lipinski definition) is 2. The van der Waals surface area contributed by atoms with Crippen LogP contribution in [0.25, 0.3) is 0 Å². The molecule has 2 N–H and O–H groups in total. The van der Waals surface area contributed by atoms with E-state index in [9.17, 15) is 9.59 Å². The van der Waals surface area contributed by atoms with Crippen molar-refractivity contribution in [1.29, 1.82) is 0 Å². The molecule has 0 radical (unpaired) electrons. The number of carboxylic acids is 1. The van der Waals surface area contributed by atoms with Gasteiger partial charge in [-0.05, 0) is 38.5 Å². The van der Waals surface area contributed by atoms with Gasteiger partial charge in [-0.15, -0.1) is 0 Å². The average molecular weight is 283 g/mol. The molecule has 3 atom stereocenters. The van der Waals surface area contributed by atoms with Gasteiger partial charge in [-0.25, -0.2) is 0 Å². The van der Waals surface area contributed by atoms with Crippen LogP contribution in [-0.4, -0.2) is 23.0 Å². The third-order valence-corrected chi connectivity index (χ3v) is 4.20. The Labute approximate surface area is 122 Å². The van der Waals surface area contributed by atoms with Crippen LogP contribution >= 0.6 is 0 Å². The van der Waals surface area contributed by atoms with Crippen molar-refractivity contribution in [3.8, 4) is 0 Å². The first-order valence-electron chi connectivity index (χ1n) is 7.93. The van der Waals surface area contributed by atoms with E-state index in [4.69, 9.17) is 5.11 Å². The van der Waals surface area contributed by atoms with Gasteiger partial charge in [0, 0.05) is 12.0 Å². The lowest BCUT2D eigenvalue weighted by Crippen LogP contribution is -2.39. The van der Waals surface area contributed by atoms with Crippen molar-refractivity contribution in [2.45, 2.75) is 71.8 Å². The lowest BCUT2D eigenvalue weighted by atomic mass is 9.81. The van der Waals surface area contributed by atoms with Gasteiger partial charge in [0.15, 0.2) is 0 Å². The molecule has 1 aliphatic rings. The molecular weight excluding hydrogens is 254 g/mol. The summed E-state index contributed by atoms with van der Waals surface area (Å²) in [6.07, 6.45) is 6.19. The number of hydrogen-bond donors (Lipinski definition) is 2. The minimum Gasteiger partial charge on any atom is -0.481 e. The van der Waals surface area contributed by atoms with E-state index in [1.807, 2.05) is 6.92 Å². The molecule has 0 aromatic rings. The normalized spacial score (nSPS) is 24.4. The van der Waals surface area contributed by atoms with Crippen LogP contribution in [0.1, 0.15) is 65.7 Å². The highest BCUT2D eigenvalue weighted by Crippen LogP contribution is 2.29. The highest BCUT2D eigenvalue weighted by Gasteiger charge is 2.31. The summed E-state index contributed by atoms with van der Waals surface area (Å²) in [4.78, 5) is 23.2. The van der Waals surface area contributed by atoms with Crippen LogP contribution in [0.2, 0.25) is 0 Å². The third kappa shape index (κ3) is 5.93. The van der Waals surface area contributed by atoms with E-state index in [0.717, 1.165) is 25.7 Å². The number of rotatable bonds is 7. The Bertz CT molecular complexity index is 328.